The van der Waals surface area contributed by atoms with E-state index < -0.39 is 5.54 Å². The van der Waals surface area contributed by atoms with Gasteiger partial charge in [0, 0.05) is 37.9 Å². The summed E-state index contributed by atoms with van der Waals surface area (Å²) in [6, 6.07) is 14.4. The minimum absolute atomic E-state index is 0.0254. The molecule has 29 heavy (non-hydrogen) atoms. The lowest BCUT2D eigenvalue weighted by Gasteiger charge is -2.50. The molecule has 0 atom stereocenters. The van der Waals surface area contributed by atoms with E-state index >= 15 is 0 Å². The van der Waals surface area contributed by atoms with Crippen molar-refractivity contribution in [2.24, 2.45) is 0 Å². The Morgan fingerprint density at radius 1 is 1.10 bits per heavy atom. The van der Waals surface area contributed by atoms with Crippen molar-refractivity contribution in [3.8, 4) is 0 Å². The number of anilines is 2. The zero-order valence-electron chi connectivity index (χ0n) is 16.2. The molecule has 1 spiro atoms. The molecule has 3 fully saturated rings. The second-order valence-corrected chi connectivity index (χ2v) is 8.91. The van der Waals surface area contributed by atoms with Gasteiger partial charge >= 0.3 is 6.03 Å². The molecule has 0 radical (unpaired) electrons. The Morgan fingerprint density at radius 3 is 2.55 bits per heavy atom. The zero-order chi connectivity index (χ0) is 19.8. The molecule has 3 saturated heterocycles. The minimum Gasteiger partial charge on any atom is -0.339 e. The number of carbonyl (C=O) groups excluding carboxylic acids is 2. The van der Waals surface area contributed by atoms with Gasteiger partial charge < -0.3 is 15.1 Å². The quantitative estimate of drug-likeness (QED) is 0.814. The van der Waals surface area contributed by atoms with Crippen LogP contribution in [0.3, 0.4) is 0 Å². The van der Waals surface area contributed by atoms with Gasteiger partial charge in [0.25, 0.3) is 0 Å². The molecular formula is C21H25N5O2S. The standard InChI is InChI=1S/C21H25N5O2S/c27-19-21(26(15-22-19)16-5-2-1-3-6-16)8-10-24(11-9-21)17-13-25(14-17)20(28)23-18-7-4-12-29-18/h1-7,12,17H,8-11,13-15H2,(H,22,27)(H,23,28). The number of piperidine rings is 1. The van der Waals surface area contributed by atoms with Gasteiger partial charge in [-0.1, -0.05) is 18.2 Å². The van der Waals surface area contributed by atoms with Crippen molar-refractivity contribution < 1.29 is 9.59 Å². The molecule has 1 aromatic carbocycles. The van der Waals surface area contributed by atoms with Gasteiger partial charge in [-0.2, -0.15) is 0 Å². The number of urea groups is 1. The highest BCUT2D eigenvalue weighted by Crippen LogP contribution is 2.37. The smallest absolute Gasteiger partial charge is 0.322 e. The highest BCUT2D eigenvalue weighted by molar-refractivity contribution is 7.14. The number of amides is 3. The van der Waals surface area contributed by atoms with E-state index in [4.69, 9.17) is 0 Å². The molecule has 3 aliphatic rings. The first kappa shape index (κ1) is 18.4. The average Bonchev–Trinajstić information content (AvgIpc) is 3.32. The van der Waals surface area contributed by atoms with Crippen LogP contribution in [0.25, 0.3) is 0 Å². The van der Waals surface area contributed by atoms with Crippen LogP contribution in [-0.4, -0.2) is 66.2 Å². The SMILES string of the molecule is O=C(Nc1cccs1)N1CC(N2CCC3(CC2)C(=O)NCN3c2ccccc2)C1. The Balaban J connectivity index is 1.18. The predicted octanol–water partition coefficient (Wildman–Crippen LogP) is 2.39. The van der Waals surface area contributed by atoms with Gasteiger partial charge in [-0.3, -0.25) is 15.0 Å². The Bertz CT molecular complexity index is 874. The number of rotatable bonds is 3. The fourth-order valence-corrected chi connectivity index (χ4v) is 5.29. The molecule has 0 bridgehead atoms. The van der Waals surface area contributed by atoms with Crippen LogP contribution >= 0.6 is 11.3 Å². The van der Waals surface area contributed by atoms with E-state index in [9.17, 15) is 9.59 Å². The van der Waals surface area contributed by atoms with E-state index in [2.05, 4.69) is 32.6 Å². The van der Waals surface area contributed by atoms with Gasteiger partial charge in [-0.25, -0.2) is 4.79 Å². The normalized spacial score (nSPS) is 21.9. The summed E-state index contributed by atoms with van der Waals surface area (Å²) in [4.78, 5) is 31.6. The maximum absolute atomic E-state index is 12.8. The van der Waals surface area contributed by atoms with E-state index in [-0.39, 0.29) is 11.9 Å². The maximum atomic E-state index is 12.8. The zero-order valence-corrected chi connectivity index (χ0v) is 17.0. The number of hydrogen-bond acceptors (Lipinski definition) is 5. The number of benzene rings is 1. The van der Waals surface area contributed by atoms with Crippen molar-refractivity contribution in [3.05, 3.63) is 47.8 Å². The van der Waals surface area contributed by atoms with Crippen LogP contribution in [0.5, 0.6) is 0 Å². The Labute approximate surface area is 174 Å². The number of nitrogens with one attached hydrogen (secondary N) is 2. The fraction of sp³-hybridized carbons (Fsp3) is 0.429. The van der Waals surface area contributed by atoms with Crippen LogP contribution in [0.15, 0.2) is 47.8 Å². The molecule has 0 saturated carbocycles. The molecule has 3 aliphatic heterocycles. The van der Waals surface area contributed by atoms with Crippen molar-refractivity contribution in [3.63, 3.8) is 0 Å². The van der Waals surface area contributed by atoms with Crippen LogP contribution < -0.4 is 15.5 Å². The lowest BCUT2D eigenvalue weighted by Crippen LogP contribution is -2.65. The summed E-state index contributed by atoms with van der Waals surface area (Å²) in [5, 5.41) is 8.83. The summed E-state index contributed by atoms with van der Waals surface area (Å²) in [6.45, 7) is 3.82. The second-order valence-electron chi connectivity index (χ2n) is 7.96. The number of nitrogens with zero attached hydrogens (tertiary/aromatic N) is 3. The number of thiophene rings is 1. The first-order valence-corrected chi connectivity index (χ1v) is 11.0. The van der Waals surface area contributed by atoms with Crippen LogP contribution in [0.1, 0.15) is 12.8 Å². The summed E-state index contributed by atoms with van der Waals surface area (Å²) < 4.78 is 0. The Morgan fingerprint density at radius 2 is 1.86 bits per heavy atom. The number of hydrogen-bond donors (Lipinski definition) is 2. The van der Waals surface area contributed by atoms with Gasteiger partial charge in [-0.15, -0.1) is 11.3 Å². The van der Waals surface area contributed by atoms with Crippen molar-refractivity contribution in [2.75, 3.05) is 43.1 Å². The van der Waals surface area contributed by atoms with Crippen molar-refractivity contribution >= 4 is 34.0 Å². The summed E-state index contributed by atoms with van der Waals surface area (Å²) in [7, 11) is 0. The van der Waals surface area contributed by atoms with Crippen molar-refractivity contribution in [1.29, 1.82) is 0 Å². The van der Waals surface area contributed by atoms with E-state index in [0.29, 0.717) is 12.7 Å². The van der Waals surface area contributed by atoms with Gasteiger partial charge in [0.1, 0.15) is 5.54 Å². The van der Waals surface area contributed by atoms with Crippen molar-refractivity contribution in [1.82, 2.24) is 15.1 Å². The molecule has 8 heteroatoms. The van der Waals surface area contributed by atoms with E-state index in [1.165, 1.54) is 11.3 Å². The predicted molar refractivity (Wildman–Crippen MR) is 114 cm³/mol. The minimum atomic E-state index is -0.447. The molecular weight excluding hydrogens is 386 g/mol. The van der Waals surface area contributed by atoms with E-state index in [0.717, 1.165) is 49.7 Å². The first-order chi connectivity index (χ1) is 14.2. The average molecular weight is 412 g/mol. The van der Waals surface area contributed by atoms with Gasteiger partial charge in [-0.05, 0) is 42.5 Å². The summed E-state index contributed by atoms with van der Waals surface area (Å²) in [6.07, 6.45) is 1.62. The molecule has 5 rings (SSSR count). The second kappa shape index (κ2) is 7.35. The molecule has 7 nitrogen and oxygen atoms in total. The van der Waals surface area contributed by atoms with Crippen molar-refractivity contribution in [2.45, 2.75) is 24.4 Å². The van der Waals surface area contributed by atoms with Crippen LogP contribution in [0, 0.1) is 0 Å². The molecule has 2 N–H and O–H groups in total. The molecule has 0 aliphatic carbocycles. The third-order valence-corrected chi connectivity index (χ3v) is 7.23. The lowest BCUT2D eigenvalue weighted by atomic mass is 9.84. The third kappa shape index (κ3) is 3.26. The van der Waals surface area contributed by atoms with Crippen LogP contribution in [0.4, 0.5) is 15.5 Å². The van der Waals surface area contributed by atoms with Gasteiger partial charge in [0.05, 0.1) is 11.7 Å². The summed E-state index contributed by atoms with van der Waals surface area (Å²) in [5.41, 5.74) is 0.650. The summed E-state index contributed by atoms with van der Waals surface area (Å²) in [5.74, 6) is 0.145. The number of para-hydroxylation sites is 1. The largest absolute Gasteiger partial charge is 0.339 e. The van der Waals surface area contributed by atoms with Gasteiger partial charge in [0.15, 0.2) is 0 Å². The van der Waals surface area contributed by atoms with E-state index in [1.807, 2.05) is 40.6 Å². The van der Waals surface area contributed by atoms with Crippen LogP contribution in [-0.2, 0) is 4.79 Å². The van der Waals surface area contributed by atoms with E-state index in [1.54, 1.807) is 0 Å². The molecule has 3 amide bonds. The molecule has 2 aromatic rings. The summed E-state index contributed by atoms with van der Waals surface area (Å²) >= 11 is 1.53. The fourth-order valence-electron chi connectivity index (χ4n) is 4.68. The Kier molecular flexibility index (Phi) is 4.67. The maximum Gasteiger partial charge on any atom is 0.322 e. The Hall–Kier alpha value is -2.58. The molecule has 152 valence electrons. The first-order valence-electron chi connectivity index (χ1n) is 10.1. The lowest BCUT2D eigenvalue weighted by molar-refractivity contribution is -0.125. The monoisotopic (exact) mass is 411 g/mol. The topological polar surface area (TPSA) is 67.9 Å². The highest BCUT2D eigenvalue weighted by Gasteiger charge is 2.51. The number of likely N-dealkylation sites (tertiary alicyclic amines) is 2. The third-order valence-electron chi connectivity index (χ3n) is 6.45. The molecule has 1 aromatic heterocycles. The highest BCUT2D eigenvalue weighted by atomic mass is 32.1. The number of carbonyl (C=O) groups is 2. The molecule has 4 heterocycles. The van der Waals surface area contributed by atoms with Gasteiger partial charge in [0.2, 0.25) is 5.91 Å². The van der Waals surface area contributed by atoms with Crippen LogP contribution in [0.2, 0.25) is 0 Å². The molecule has 0 unspecified atom stereocenters.